The van der Waals surface area contributed by atoms with Crippen LogP contribution >= 0.6 is 34.0 Å². The second-order valence-electron chi connectivity index (χ2n) is 2.79. The number of hydrogen-bond acceptors (Lipinski definition) is 0. The van der Waals surface area contributed by atoms with E-state index in [9.17, 15) is 0 Å². The van der Waals surface area contributed by atoms with Gasteiger partial charge in [-0.3, -0.25) is 0 Å². The van der Waals surface area contributed by atoms with E-state index in [1.54, 1.807) is 0 Å². The van der Waals surface area contributed by atoms with Crippen molar-refractivity contribution in [2.24, 2.45) is 0 Å². The van der Waals surface area contributed by atoms with E-state index >= 15 is 0 Å². The average molecular weight is 395 g/mol. The van der Waals surface area contributed by atoms with Gasteiger partial charge in [0.15, 0.2) is 0 Å². The summed E-state index contributed by atoms with van der Waals surface area (Å²) < 4.78 is 2.20. The summed E-state index contributed by atoms with van der Waals surface area (Å²) in [6.45, 7) is 9.46. The third-order valence-electron chi connectivity index (χ3n) is 1.79. The van der Waals surface area contributed by atoms with Crippen LogP contribution in [0.3, 0.4) is 0 Å². The molecule has 0 rings (SSSR count). The van der Waals surface area contributed by atoms with Gasteiger partial charge >= 0.3 is 69.5 Å². The summed E-state index contributed by atoms with van der Waals surface area (Å²) in [5.41, 5.74) is 0. The zero-order chi connectivity index (χ0) is 7.28. The molecule has 0 bridgehead atoms. The Morgan fingerprint density at radius 3 is 1.36 bits per heavy atom. The monoisotopic (exact) mass is 394 g/mol. The summed E-state index contributed by atoms with van der Waals surface area (Å²) in [5.74, 6) is 0. The topological polar surface area (TPSA) is 0 Å². The molecule has 0 fully saturated rings. The van der Waals surface area contributed by atoms with Crippen LogP contribution in [0.5, 0.6) is 0 Å². The van der Waals surface area contributed by atoms with Crippen molar-refractivity contribution in [3.63, 3.8) is 0 Å². The molecule has 0 aromatic heterocycles. The Morgan fingerprint density at radius 2 is 1.18 bits per heavy atom. The van der Waals surface area contributed by atoms with Crippen LogP contribution in [-0.4, -0.2) is 21.1 Å². The van der Waals surface area contributed by atoms with Gasteiger partial charge in [-0.05, 0) is 0 Å². The molecule has 2 unspecified atom stereocenters. The molecule has 0 aromatic carbocycles. The molecule has 0 aromatic rings. The molecule has 2 radical (unpaired) electrons. The van der Waals surface area contributed by atoms with Gasteiger partial charge in [-0.1, -0.05) is 0 Å². The summed E-state index contributed by atoms with van der Waals surface area (Å²) in [4.78, 5) is 0. The summed E-state index contributed by atoms with van der Waals surface area (Å²) in [5, 5.41) is 0. The maximum absolute atomic E-state index is 2.42. The first-order valence-electron chi connectivity index (χ1n) is 3.96. The zero-order valence-corrected chi connectivity index (χ0v) is 14.2. The fourth-order valence-electron chi connectivity index (χ4n) is 0.721. The van der Waals surface area contributed by atoms with E-state index in [-0.39, 0.29) is 55.1 Å². The standard InChI is InChI=1S/2C4H9.2BrH.Sn/c2*1-3-4-2;;;/h2*3H,4H2,1-2H3;2*1H;. The molecular weight excluding hydrogens is 375 g/mol. The summed E-state index contributed by atoms with van der Waals surface area (Å²) >= 11 is 0.00250. The maximum atomic E-state index is 2.42. The molecule has 0 saturated carbocycles. The van der Waals surface area contributed by atoms with Gasteiger partial charge in [-0.25, -0.2) is 0 Å². The van der Waals surface area contributed by atoms with Gasteiger partial charge in [0.25, 0.3) is 0 Å². The molecule has 0 aliphatic carbocycles. The van der Waals surface area contributed by atoms with E-state index in [4.69, 9.17) is 0 Å². The van der Waals surface area contributed by atoms with E-state index in [2.05, 4.69) is 27.7 Å². The van der Waals surface area contributed by atoms with Gasteiger partial charge in [0, 0.05) is 0 Å². The third kappa shape index (κ3) is 11.8. The summed E-state index contributed by atoms with van der Waals surface area (Å²) in [6, 6.07) is 0. The molecule has 0 aliphatic rings. The van der Waals surface area contributed by atoms with E-state index in [0.29, 0.717) is 0 Å². The van der Waals surface area contributed by atoms with Gasteiger partial charge in [0.05, 0.1) is 0 Å². The molecule has 0 saturated heterocycles. The van der Waals surface area contributed by atoms with Crippen LogP contribution in [0.4, 0.5) is 0 Å². The van der Waals surface area contributed by atoms with Gasteiger partial charge in [0.2, 0.25) is 0 Å². The quantitative estimate of drug-likeness (QED) is 0.624. The molecule has 0 nitrogen and oxygen atoms in total. The molecule has 0 amide bonds. The Hall–Kier alpha value is 1.76. The molecule has 2 atom stereocenters. The third-order valence-corrected chi connectivity index (χ3v) is 7.37. The minimum absolute atomic E-state index is 0. The number of rotatable bonds is 4. The van der Waals surface area contributed by atoms with Gasteiger partial charge < -0.3 is 0 Å². The van der Waals surface area contributed by atoms with Crippen LogP contribution in [0.2, 0.25) is 7.87 Å². The van der Waals surface area contributed by atoms with Gasteiger partial charge in [-0.15, -0.1) is 34.0 Å². The Bertz CT molecular complexity index is 61.1. The second kappa shape index (κ2) is 11.8. The van der Waals surface area contributed by atoms with E-state index in [1.165, 1.54) is 12.8 Å². The average Bonchev–Trinajstić information content (AvgIpc) is 1.87. The second-order valence-corrected chi connectivity index (χ2v) is 9.36. The SMILES string of the molecule is Br.Br.CC[CH](C)[Sn][CH](C)CC. The fraction of sp³-hybridized carbons (Fsp3) is 1.00. The summed E-state index contributed by atoms with van der Waals surface area (Å²) in [6.07, 6.45) is 2.83. The fourth-order valence-corrected chi connectivity index (χ4v) is 4.84. The zero-order valence-electron chi connectivity index (χ0n) is 7.89. The van der Waals surface area contributed by atoms with Crippen molar-refractivity contribution in [1.82, 2.24) is 0 Å². The van der Waals surface area contributed by atoms with Crippen molar-refractivity contribution in [2.75, 3.05) is 0 Å². The van der Waals surface area contributed by atoms with Crippen molar-refractivity contribution < 1.29 is 0 Å². The first kappa shape index (κ1) is 18.5. The van der Waals surface area contributed by atoms with Crippen molar-refractivity contribution in [3.05, 3.63) is 0 Å². The summed E-state index contributed by atoms with van der Waals surface area (Å²) in [7, 11) is 0. The molecule has 11 heavy (non-hydrogen) atoms. The van der Waals surface area contributed by atoms with Crippen molar-refractivity contribution in [3.8, 4) is 0 Å². The Morgan fingerprint density at radius 1 is 0.909 bits per heavy atom. The molecular formula is C8H20Br2Sn. The van der Waals surface area contributed by atoms with Gasteiger partial charge in [-0.2, -0.15) is 0 Å². The minimum atomic E-state index is 0. The number of hydrogen-bond donors (Lipinski definition) is 0. The van der Waals surface area contributed by atoms with Crippen LogP contribution in [0.25, 0.3) is 0 Å². The predicted octanol–water partition coefficient (Wildman–Crippen LogP) is 4.28. The van der Waals surface area contributed by atoms with Crippen molar-refractivity contribution in [2.45, 2.75) is 48.4 Å². The van der Waals surface area contributed by atoms with Crippen molar-refractivity contribution in [1.29, 1.82) is 0 Å². The van der Waals surface area contributed by atoms with E-state index in [1.807, 2.05) is 0 Å². The number of halogens is 2. The molecule has 3 heteroatoms. The van der Waals surface area contributed by atoms with E-state index in [0.717, 1.165) is 7.87 Å². The molecule has 0 N–H and O–H groups in total. The van der Waals surface area contributed by atoms with Crippen LogP contribution in [0.15, 0.2) is 0 Å². The van der Waals surface area contributed by atoms with Crippen LogP contribution in [0.1, 0.15) is 40.5 Å². The first-order valence-corrected chi connectivity index (χ1v) is 7.26. The Kier molecular flexibility index (Phi) is 19.8. The normalized spacial score (nSPS) is 14.2. The van der Waals surface area contributed by atoms with Crippen LogP contribution in [-0.2, 0) is 0 Å². The molecule has 0 heterocycles. The van der Waals surface area contributed by atoms with Crippen LogP contribution in [0, 0.1) is 0 Å². The Labute approximate surface area is 103 Å². The van der Waals surface area contributed by atoms with Gasteiger partial charge in [0.1, 0.15) is 0 Å². The first-order chi connectivity index (χ1) is 4.20. The molecule has 0 aliphatic heterocycles. The molecule has 70 valence electrons. The molecule has 0 spiro atoms. The van der Waals surface area contributed by atoms with Crippen LogP contribution < -0.4 is 0 Å². The Balaban J connectivity index is -0.000000320. The predicted molar refractivity (Wildman–Crippen MR) is 65.8 cm³/mol. The van der Waals surface area contributed by atoms with Crippen molar-refractivity contribution >= 4 is 55.1 Å². The van der Waals surface area contributed by atoms with E-state index < -0.39 is 0 Å².